The zero-order valence-corrected chi connectivity index (χ0v) is 6.74. The SMILES string of the molecule is C=C(C)C(=O)Nc1ccnnc1. The van der Waals surface area contributed by atoms with Crippen LogP contribution in [0.3, 0.4) is 0 Å². The molecule has 0 spiro atoms. The molecule has 0 radical (unpaired) electrons. The van der Waals surface area contributed by atoms with E-state index in [1.54, 1.807) is 13.0 Å². The summed E-state index contributed by atoms with van der Waals surface area (Å²) in [5, 5.41) is 9.78. The molecule has 0 unspecified atom stereocenters. The molecule has 0 aliphatic heterocycles. The van der Waals surface area contributed by atoms with E-state index < -0.39 is 0 Å². The summed E-state index contributed by atoms with van der Waals surface area (Å²) in [7, 11) is 0. The summed E-state index contributed by atoms with van der Waals surface area (Å²) in [5.41, 5.74) is 1.09. The molecule has 1 amide bonds. The summed E-state index contributed by atoms with van der Waals surface area (Å²) >= 11 is 0. The fourth-order valence-corrected chi connectivity index (χ4v) is 0.602. The van der Waals surface area contributed by atoms with Crippen molar-refractivity contribution in [1.29, 1.82) is 0 Å². The van der Waals surface area contributed by atoms with Gasteiger partial charge >= 0.3 is 0 Å². The number of anilines is 1. The molecule has 1 N–H and O–H groups in total. The second-order valence-corrected chi connectivity index (χ2v) is 2.37. The normalized spacial score (nSPS) is 9.08. The molecule has 1 aromatic heterocycles. The molecule has 0 atom stereocenters. The first-order chi connectivity index (χ1) is 5.70. The summed E-state index contributed by atoms with van der Waals surface area (Å²) < 4.78 is 0. The second kappa shape index (κ2) is 3.61. The van der Waals surface area contributed by atoms with Crippen LogP contribution in [0.4, 0.5) is 5.69 Å². The summed E-state index contributed by atoms with van der Waals surface area (Å²) in [4.78, 5) is 11.1. The zero-order valence-electron chi connectivity index (χ0n) is 6.74. The van der Waals surface area contributed by atoms with Gasteiger partial charge in [-0.1, -0.05) is 6.58 Å². The number of carbonyl (C=O) groups is 1. The number of amides is 1. The Morgan fingerprint density at radius 3 is 2.83 bits per heavy atom. The van der Waals surface area contributed by atoms with E-state index in [4.69, 9.17) is 0 Å². The predicted molar refractivity (Wildman–Crippen MR) is 45.5 cm³/mol. The van der Waals surface area contributed by atoms with Gasteiger partial charge in [0, 0.05) is 5.57 Å². The predicted octanol–water partition coefficient (Wildman–Crippen LogP) is 0.991. The first kappa shape index (κ1) is 8.39. The van der Waals surface area contributed by atoms with Crippen molar-refractivity contribution in [2.45, 2.75) is 6.92 Å². The lowest BCUT2D eigenvalue weighted by atomic mass is 10.3. The molecule has 0 bridgehead atoms. The molecule has 62 valence electrons. The van der Waals surface area contributed by atoms with Gasteiger partial charge in [-0.05, 0) is 13.0 Å². The van der Waals surface area contributed by atoms with Crippen LogP contribution < -0.4 is 5.32 Å². The first-order valence-corrected chi connectivity index (χ1v) is 3.43. The van der Waals surface area contributed by atoms with Crippen LogP contribution >= 0.6 is 0 Å². The van der Waals surface area contributed by atoms with Crippen LogP contribution in [0.25, 0.3) is 0 Å². The molecule has 0 aliphatic carbocycles. The first-order valence-electron chi connectivity index (χ1n) is 3.43. The maximum atomic E-state index is 11.1. The van der Waals surface area contributed by atoms with Crippen LogP contribution in [-0.4, -0.2) is 16.1 Å². The standard InChI is InChI=1S/C8H9N3O/c1-6(2)8(12)11-7-3-4-9-10-5-7/h3-5H,1H2,2H3,(H,9,11,12). The summed E-state index contributed by atoms with van der Waals surface area (Å²) in [6.45, 7) is 5.15. The van der Waals surface area contributed by atoms with Gasteiger partial charge in [0.1, 0.15) is 0 Å². The van der Waals surface area contributed by atoms with E-state index in [2.05, 4.69) is 22.1 Å². The summed E-state index contributed by atoms with van der Waals surface area (Å²) in [6, 6.07) is 1.66. The van der Waals surface area contributed by atoms with Gasteiger partial charge in [-0.15, -0.1) is 0 Å². The maximum Gasteiger partial charge on any atom is 0.250 e. The lowest BCUT2D eigenvalue weighted by Gasteiger charge is -2.01. The molecule has 0 saturated heterocycles. The fraction of sp³-hybridized carbons (Fsp3) is 0.125. The maximum absolute atomic E-state index is 11.1. The lowest BCUT2D eigenvalue weighted by molar-refractivity contribution is -0.112. The Hall–Kier alpha value is -1.71. The number of nitrogens with zero attached hydrogens (tertiary/aromatic N) is 2. The van der Waals surface area contributed by atoms with Crippen molar-refractivity contribution in [1.82, 2.24) is 10.2 Å². The molecule has 1 heterocycles. The topological polar surface area (TPSA) is 54.9 Å². The van der Waals surface area contributed by atoms with Crippen molar-refractivity contribution in [3.8, 4) is 0 Å². The molecular formula is C8H9N3O. The Morgan fingerprint density at radius 1 is 1.58 bits per heavy atom. The molecule has 4 heteroatoms. The van der Waals surface area contributed by atoms with Gasteiger partial charge in [-0.25, -0.2) is 0 Å². The Bertz CT molecular complexity index is 294. The minimum absolute atomic E-state index is 0.206. The Morgan fingerprint density at radius 2 is 2.33 bits per heavy atom. The largest absolute Gasteiger partial charge is 0.321 e. The quantitative estimate of drug-likeness (QED) is 0.661. The second-order valence-electron chi connectivity index (χ2n) is 2.37. The van der Waals surface area contributed by atoms with Crippen LogP contribution in [0.15, 0.2) is 30.6 Å². The van der Waals surface area contributed by atoms with Gasteiger partial charge in [-0.3, -0.25) is 4.79 Å². The highest BCUT2D eigenvalue weighted by atomic mass is 16.1. The summed E-state index contributed by atoms with van der Waals surface area (Å²) in [6.07, 6.45) is 2.98. The number of hydrogen-bond donors (Lipinski definition) is 1. The van der Waals surface area contributed by atoms with E-state index in [-0.39, 0.29) is 5.91 Å². The van der Waals surface area contributed by atoms with E-state index in [1.807, 2.05) is 0 Å². The third kappa shape index (κ3) is 2.16. The Kier molecular flexibility index (Phi) is 2.53. The van der Waals surface area contributed by atoms with Crippen LogP contribution in [0.5, 0.6) is 0 Å². The zero-order chi connectivity index (χ0) is 8.97. The highest BCUT2D eigenvalue weighted by Gasteiger charge is 2.00. The molecular weight excluding hydrogens is 154 g/mol. The average Bonchev–Trinajstić information content (AvgIpc) is 2.06. The minimum atomic E-state index is -0.206. The van der Waals surface area contributed by atoms with Gasteiger partial charge in [0.05, 0.1) is 18.1 Å². The van der Waals surface area contributed by atoms with Gasteiger partial charge in [0.15, 0.2) is 0 Å². The highest BCUT2D eigenvalue weighted by Crippen LogP contribution is 2.02. The average molecular weight is 163 g/mol. The number of rotatable bonds is 2. The number of hydrogen-bond acceptors (Lipinski definition) is 3. The number of nitrogens with one attached hydrogen (secondary N) is 1. The fourth-order valence-electron chi connectivity index (χ4n) is 0.602. The van der Waals surface area contributed by atoms with Crippen molar-refractivity contribution in [3.05, 3.63) is 30.6 Å². The molecule has 1 rings (SSSR count). The van der Waals surface area contributed by atoms with Crippen LogP contribution in [0, 0.1) is 0 Å². The van der Waals surface area contributed by atoms with Gasteiger partial charge in [0.2, 0.25) is 0 Å². The van der Waals surface area contributed by atoms with Crippen LogP contribution in [-0.2, 0) is 4.79 Å². The van der Waals surface area contributed by atoms with E-state index >= 15 is 0 Å². The smallest absolute Gasteiger partial charge is 0.250 e. The van der Waals surface area contributed by atoms with E-state index in [1.165, 1.54) is 12.4 Å². The molecule has 0 aliphatic rings. The molecule has 1 aromatic rings. The van der Waals surface area contributed by atoms with Crippen LogP contribution in [0.2, 0.25) is 0 Å². The third-order valence-corrected chi connectivity index (χ3v) is 1.23. The highest BCUT2D eigenvalue weighted by molar-refractivity contribution is 6.02. The number of carbonyl (C=O) groups excluding carboxylic acids is 1. The monoisotopic (exact) mass is 163 g/mol. The van der Waals surface area contributed by atoms with Gasteiger partial charge in [-0.2, -0.15) is 10.2 Å². The van der Waals surface area contributed by atoms with Gasteiger partial charge < -0.3 is 5.32 Å². The lowest BCUT2D eigenvalue weighted by Crippen LogP contribution is -2.11. The van der Waals surface area contributed by atoms with E-state index in [0.717, 1.165) is 0 Å². The van der Waals surface area contributed by atoms with Crippen molar-refractivity contribution >= 4 is 11.6 Å². The van der Waals surface area contributed by atoms with E-state index in [0.29, 0.717) is 11.3 Å². The van der Waals surface area contributed by atoms with Gasteiger partial charge in [0.25, 0.3) is 5.91 Å². The molecule has 0 saturated carbocycles. The van der Waals surface area contributed by atoms with Crippen LogP contribution in [0.1, 0.15) is 6.92 Å². The minimum Gasteiger partial charge on any atom is -0.321 e. The number of aromatic nitrogens is 2. The summed E-state index contributed by atoms with van der Waals surface area (Å²) in [5.74, 6) is -0.206. The Balaban J connectivity index is 2.65. The van der Waals surface area contributed by atoms with Crippen molar-refractivity contribution in [2.24, 2.45) is 0 Å². The van der Waals surface area contributed by atoms with E-state index in [9.17, 15) is 4.79 Å². The van der Waals surface area contributed by atoms with Crippen molar-refractivity contribution in [3.63, 3.8) is 0 Å². The Labute approximate surface area is 70.3 Å². The molecule has 4 nitrogen and oxygen atoms in total. The van der Waals surface area contributed by atoms with Crippen molar-refractivity contribution in [2.75, 3.05) is 5.32 Å². The van der Waals surface area contributed by atoms with Crippen molar-refractivity contribution < 1.29 is 4.79 Å². The molecule has 0 fully saturated rings. The molecule has 0 aromatic carbocycles. The molecule has 12 heavy (non-hydrogen) atoms. The third-order valence-electron chi connectivity index (χ3n) is 1.23.